The highest BCUT2D eigenvalue weighted by Gasteiger charge is 2.17. The molecule has 12 aromatic carbocycles. The third kappa shape index (κ3) is 7.20. The molecule has 1 heteroatoms. The highest BCUT2D eigenvalue weighted by molar-refractivity contribution is 6.08. The number of anilines is 3. The first kappa shape index (κ1) is 27.5. The Balaban J connectivity index is 1.08. The van der Waals surface area contributed by atoms with Crippen LogP contribution in [0.1, 0.15) is 16.4 Å². The Morgan fingerprint density at radius 3 is 1.34 bits per heavy atom. The van der Waals surface area contributed by atoms with Gasteiger partial charge in [-0.25, -0.2) is 0 Å². The predicted octanol–water partition coefficient (Wildman–Crippen LogP) is 18.1. The molecule has 0 saturated carbocycles. The zero-order valence-corrected chi connectivity index (χ0v) is 34.8. The van der Waals surface area contributed by atoms with E-state index in [9.17, 15) is 16.4 Å². The Morgan fingerprint density at radius 1 is 0.246 bits per heavy atom. The van der Waals surface area contributed by atoms with Crippen LogP contribution in [0.15, 0.2) is 261 Å². The summed E-state index contributed by atoms with van der Waals surface area (Å²) in [6, 6.07) is 51.8. The first-order chi connectivity index (χ1) is 37.2. The lowest BCUT2D eigenvalue weighted by atomic mass is 9.90. The van der Waals surface area contributed by atoms with Crippen molar-refractivity contribution in [3.63, 3.8) is 0 Å². The molecule has 0 unspecified atom stereocenters. The summed E-state index contributed by atoms with van der Waals surface area (Å²) in [7, 11) is 0. The monoisotopic (exact) mass is 837 g/mol. The van der Waals surface area contributed by atoms with E-state index >= 15 is 0 Å². The lowest BCUT2D eigenvalue weighted by Gasteiger charge is -2.26. The van der Waals surface area contributed by atoms with Crippen molar-refractivity contribution in [3.05, 3.63) is 261 Å². The van der Waals surface area contributed by atoms with Gasteiger partial charge < -0.3 is 4.90 Å². The fraction of sp³-hybridized carbons (Fsp3) is 0. The van der Waals surface area contributed by atoms with Crippen LogP contribution in [0, 0.1) is 0 Å². The molecule has 0 atom stereocenters. The summed E-state index contributed by atoms with van der Waals surface area (Å²) >= 11 is 0. The van der Waals surface area contributed by atoms with E-state index in [0.717, 1.165) is 64.7 Å². The Labute approximate surface area is 396 Å². The van der Waals surface area contributed by atoms with Crippen molar-refractivity contribution in [1.82, 2.24) is 0 Å². The van der Waals surface area contributed by atoms with Gasteiger partial charge in [-0.3, -0.25) is 0 Å². The fourth-order valence-electron chi connectivity index (χ4n) is 8.77. The number of fused-ring (bicyclic) bond motifs is 5. The molecule has 0 saturated heterocycles. The van der Waals surface area contributed by atoms with Crippen LogP contribution in [0.5, 0.6) is 0 Å². The standard InChI is InChI=1S/C64H43N/c1-2-13-52(14-3-1)64-62-17-9-7-12-50(62)32-41-63(64)51-30-38-59(39-31-51)65(58-36-28-48(29-37-58)55-33-40-61-56(43-55)25-23-49-11-6-8-16-60(49)61)57-34-26-46(27-35-57)45-18-20-47(21-19-45)54-24-22-44-10-4-5-15-53(44)42-54/h1-43H/i26D,27D,28D,29D,30D,31D,34D,35D,36D,37D,38D,39D. The molecule has 0 N–H and O–H groups in total. The molecule has 1 nitrogen and oxygen atoms in total. The van der Waals surface area contributed by atoms with Crippen molar-refractivity contribution < 1.29 is 16.4 Å². The molecular weight excluding hydrogens is 783 g/mol. The molecule has 0 spiro atoms. The van der Waals surface area contributed by atoms with Gasteiger partial charge in [-0.1, -0.05) is 212 Å². The van der Waals surface area contributed by atoms with Crippen molar-refractivity contribution in [3.8, 4) is 55.6 Å². The third-order valence-corrected chi connectivity index (χ3v) is 12.1. The van der Waals surface area contributed by atoms with Gasteiger partial charge in [-0.15, -0.1) is 0 Å². The van der Waals surface area contributed by atoms with E-state index < -0.39 is 89.6 Å². The Kier molecular flexibility index (Phi) is 6.91. The lowest BCUT2D eigenvalue weighted by molar-refractivity contribution is 1.28. The van der Waals surface area contributed by atoms with E-state index in [1.54, 1.807) is 30.3 Å². The SMILES string of the molecule is [2H]c1c([2H])c(N(c2c([2H])c([2H])c(-c3ccc4c(ccc5ccccc54)c3)c([2H])c2[2H])c2c([2H])c([2H])c(-c3ccc4ccccc4c3-c3ccccc3)c([2H])c2[2H])c([2H])c([2H])c1-c1ccc(-c2ccc3ccccc3c2)cc1. The predicted molar refractivity (Wildman–Crippen MR) is 278 cm³/mol. The van der Waals surface area contributed by atoms with Gasteiger partial charge in [0.15, 0.2) is 0 Å². The number of rotatable bonds is 8. The first-order valence-corrected chi connectivity index (χ1v) is 21.4. The van der Waals surface area contributed by atoms with E-state index in [1.165, 1.54) is 0 Å². The smallest absolute Gasteiger partial charge is 0.0645 e. The van der Waals surface area contributed by atoms with Crippen molar-refractivity contribution >= 4 is 60.2 Å². The number of hydrogen-bond acceptors (Lipinski definition) is 1. The highest BCUT2D eigenvalue weighted by atomic mass is 15.1. The van der Waals surface area contributed by atoms with E-state index in [1.807, 2.05) is 152 Å². The second kappa shape index (κ2) is 16.3. The summed E-state index contributed by atoms with van der Waals surface area (Å²) in [6.45, 7) is 0. The van der Waals surface area contributed by atoms with Crippen LogP contribution in [0.2, 0.25) is 0 Å². The second-order valence-electron chi connectivity index (χ2n) is 15.9. The minimum Gasteiger partial charge on any atom is -0.311 e. The molecule has 304 valence electrons. The molecule has 0 aliphatic carbocycles. The highest BCUT2D eigenvalue weighted by Crippen LogP contribution is 2.42. The van der Waals surface area contributed by atoms with Crippen LogP contribution in [0.3, 0.4) is 0 Å². The average Bonchev–Trinajstić information content (AvgIpc) is 3.59. The average molecular weight is 838 g/mol. The first-order valence-electron chi connectivity index (χ1n) is 27.4. The number of nitrogens with zero attached hydrogens (tertiary/aromatic N) is 1. The van der Waals surface area contributed by atoms with Gasteiger partial charge in [0.25, 0.3) is 0 Å². The minimum atomic E-state index is -0.680. The molecule has 12 aromatic rings. The fourth-order valence-corrected chi connectivity index (χ4v) is 8.77. The van der Waals surface area contributed by atoms with E-state index in [4.69, 9.17) is 0 Å². The van der Waals surface area contributed by atoms with Gasteiger partial charge in [0.05, 0.1) is 16.4 Å². The zero-order valence-electron chi connectivity index (χ0n) is 46.8. The van der Waals surface area contributed by atoms with Crippen LogP contribution in [0.4, 0.5) is 17.1 Å². The van der Waals surface area contributed by atoms with Crippen molar-refractivity contribution in [2.24, 2.45) is 0 Å². The van der Waals surface area contributed by atoms with Crippen LogP contribution in [-0.4, -0.2) is 0 Å². The molecule has 0 aromatic heterocycles. The molecule has 65 heavy (non-hydrogen) atoms. The van der Waals surface area contributed by atoms with Gasteiger partial charge in [-0.2, -0.15) is 0 Å². The molecule has 0 aliphatic rings. The Hall–Kier alpha value is -8.52. The van der Waals surface area contributed by atoms with Crippen molar-refractivity contribution in [1.29, 1.82) is 0 Å². The topological polar surface area (TPSA) is 3.24 Å². The summed E-state index contributed by atoms with van der Waals surface area (Å²) in [5, 5.41) is 7.54. The number of benzene rings is 12. The molecule has 0 fully saturated rings. The summed E-state index contributed by atoms with van der Waals surface area (Å²) in [4.78, 5) is 0.868. The normalized spacial score (nSPS) is 14.0. The van der Waals surface area contributed by atoms with Crippen LogP contribution in [-0.2, 0) is 0 Å². The van der Waals surface area contributed by atoms with E-state index in [0.29, 0.717) is 22.3 Å². The molecule has 0 aliphatic heterocycles. The van der Waals surface area contributed by atoms with Crippen molar-refractivity contribution in [2.45, 2.75) is 0 Å². The molecule has 0 radical (unpaired) electrons. The second-order valence-corrected chi connectivity index (χ2v) is 15.9. The molecule has 0 bridgehead atoms. The van der Waals surface area contributed by atoms with Gasteiger partial charge in [-0.05, 0) is 147 Å². The maximum absolute atomic E-state index is 9.85. The summed E-state index contributed by atoms with van der Waals surface area (Å²) in [5.41, 5.74) is 2.39. The van der Waals surface area contributed by atoms with Gasteiger partial charge in [0.2, 0.25) is 0 Å². The molecular formula is C64H43N. The summed E-state index contributed by atoms with van der Waals surface area (Å²) in [5.74, 6) is 0. The Bertz CT molecular complexity index is 4340. The van der Waals surface area contributed by atoms with Crippen LogP contribution in [0.25, 0.3) is 98.7 Å². The van der Waals surface area contributed by atoms with Gasteiger partial charge in [0.1, 0.15) is 0 Å². The summed E-state index contributed by atoms with van der Waals surface area (Å²) < 4.78 is 116. The van der Waals surface area contributed by atoms with Gasteiger partial charge >= 0.3 is 0 Å². The molecule has 0 amide bonds. The molecule has 0 heterocycles. The molecule has 12 rings (SSSR count). The van der Waals surface area contributed by atoms with E-state index in [2.05, 4.69) is 6.07 Å². The van der Waals surface area contributed by atoms with Crippen molar-refractivity contribution in [2.75, 3.05) is 4.90 Å². The number of hydrogen-bond donors (Lipinski definition) is 0. The quantitative estimate of drug-likeness (QED) is 0.138. The van der Waals surface area contributed by atoms with Crippen LogP contribution < -0.4 is 4.90 Å². The third-order valence-electron chi connectivity index (χ3n) is 12.1. The largest absolute Gasteiger partial charge is 0.311 e. The van der Waals surface area contributed by atoms with Gasteiger partial charge in [0, 0.05) is 17.1 Å². The maximum Gasteiger partial charge on any atom is 0.0645 e. The van der Waals surface area contributed by atoms with E-state index in [-0.39, 0.29) is 16.7 Å². The van der Waals surface area contributed by atoms with Crippen LogP contribution >= 0.6 is 0 Å². The zero-order chi connectivity index (χ0) is 53.6. The summed E-state index contributed by atoms with van der Waals surface area (Å²) in [6.07, 6.45) is 0. The maximum atomic E-state index is 9.85. The minimum absolute atomic E-state index is 0.0551. The Morgan fingerprint density at radius 2 is 0.662 bits per heavy atom. The lowest BCUT2D eigenvalue weighted by Crippen LogP contribution is -2.09.